The zero-order chi connectivity index (χ0) is 16.0. The molecular formula is C18H35NO2S. The van der Waals surface area contributed by atoms with Crippen molar-refractivity contribution in [3.05, 3.63) is 12.7 Å². The Morgan fingerprint density at radius 3 is 2.59 bits per heavy atom. The summed E-state index contributed by atoms with van der Waals surface area (Å²) in [4.78, 5) is 2.31. The Balaban J connectivity index is 1.93. The van der Waals surface area contributed by atoms with Gasteiger partial charge in [0.1, 0.15) is 0 Å². The van der Waals surface area contributed by atoms with Gasteiger partial charge >= 0.3 is 0 Å². The maximum Gasteiger partial charge on any atom is 0.0757 e. The molecule has 1 aliphatic rings. The average Bonchev–Trinajstić information content (AvgIpc) is 2.53. The van der Waals surface area contributed by atoms with Crippen LogP contribution < -0.4 is 0 Å². The van der Waals surface area contributed by atoms with Gasteiger partial charge < -0.3 is 9.84 Å². The van der Waals surface area contributed by atoms with Crippen molar-refractivity contribution in [3.8, 4) is 0 Å². The van der Waals surface area contributed by atoms with Gasteiger partial charge in [0.15, 0.2) is 0 Å². The summed E-state index contributed by atoms with van der Waals surface area (Å²) >= 11 is 1.92. The molecule has 2 unspecified atom stereocenters. The third-order valence-electron chi connectivity index (χ3n) is 4.16. The molecule has 0 bridgehead atoms. The van der Waals surface area contributed by atoms with Crippen LogP contribution in [0.25, 0.3) is 0 Å². The van der Waals surface area contributed by atoms with Crippen LogP contribution in [-0.4, -0.2) is 60.0 Å². The Labute approximate surface area is 141 Å². The zero-order valence-corrected chi connectivity index (χ0v) is 15.2. The minimum atomic E-state index is -0.204. The fraction of sp³-hybridized carbons (Fsp3) is 0.889. The standard InChI is InChI=1S/C18H35NO2S/c1-3-4-5-6-7-8-9-10-17(2)22-16-18(20)15-19-11-13-21-14-12-19/h3,17-18,20H,1,4-16H2,2H3. The number of morpholine rings is 1. The molecule has 1 N–H and O–H groups in total. The number of hydrogen-bond donors (Lipinski definition) is 1. The molecule has 2 atom stereocenters. The van der Waals surface area contributed by atoms with E-state index in [1.807, 2.05) is 17.8 Å². The van der Waals surface area contributed by atoms with E-state index in [1.54, 1.807) is 0 Å². The molecule has 0 radical (unpaired) electrons. The van der Waals surface area contributed by atoms with E-state index in [0.717, 1.165) is 45.0 Å². The number of aliphatic hydroxyl groups is 1. The maximum absolute atomic E-state index is 10.1. The second kappa shape index (κ2) is 13.4. The van der Waals surface area contributed by atoms with Crippen LogP contribution in [0.2, 0.25) is 0 Å². The van der Waals surface area contributed by atoms with Crippen LogP contribution in [0.3, 0.4) is 0 Å². The molecule has 0 spiro atoms. The SMILES string of the molecule is C=CCCCCCCCC(C)SCC(O)CN1CCOCC1. The molecular weight excluding hydrogens is 294 g/mol. The van der Waals surface area contributed by atoms with Crippen LogP contribution in [0.15, 0.2) is 12.7 Å². The minimum Gasteiger partial charge on any atom is -0.391 e. The van der Waals surface area contributed by atoms with Gasteiger partial charge in [-0.25, -0.2) is 0 Å². The van der Waals surface area contributed by atoms with Gasteiger partial charge in [-0.3, -0.25) is 4.90 Å². The summed E-state index contributed by atoms with van der Waals surface area (Å²) in [5.41, 5.74) is 0. The van der Waals surface area contributed by atoms with Crippen LogP contribution in [0.4, 0.5) is 0 Å². The second-order valence-corrected chi connectivity index (χ2v) is 7.82. The molecule has 22 heavy (non-hydrogen) atoms. The number of allylic oxidation sites excluding steroid dienone is 1. The molecule has 1 rings (SSSR count). The highest BCUT2D eigenvalue weighted by molar-refractivity contribution is 7.99. The number of rotatable bonds is 13. The van der Waals surface area contributed by atoms with Gasteiger partial charge in [-0.05, 0) is 19.3 Å². The predicted octanol–water partition coefficient (Wildman–Crippen LogP) is 3.72. The smallest absolute Gasteiger partial charge is 0.0757 e. The first kappa shape index (κ1) is 20.0. The fourth-order valence-electron chi connectivity index (χ4n) is 2.74. The number of ether oxygens (including phenoxy) is 1. The number of β-amino-alcohol motifs (C(OH)–C–C–N with tert-alkyl or cyclic N) is 1. The summed E-state index contributed by atoms with van der Waals surface area (Å²) in [6.45, 7) is 10.4. The first-order chi connectivity index (χ1) is 10.7. The third-order valence-corrected chi connectivity index (χ3v) is 5.55. The lowest BCUT2D eigenvalue weighted by Gasteiger charge is -2.28. The third kappa shape index (κ3) is 10.7. The van der Waals surface area contributed by atoms with Gasteiger partial charge in [0.05, 0.1) is 19.3 Å². The molecule has 1 fully saturated rings. The van der Waals surface area contributed by atoms with Crippen molar-refractivity contribution in [3.63, 3.8) is 0 Å². The molecule has 3 nitrogen and oxygen atoms in total. The van der Waals surface area contributed by atoms with Gasteiger partial charge in [0, 0.05) is 30.6 Å². The lowest BCUT2D eigenvalue weighted by Crippen LogP contribution is -2.41. The number of nitrogens with zero attached hydrogens (tertiary/aromatic N) is 1. The molecule has 0 aliphatic carbocycles. The van der Waals surface area contributed by atoms with Crippen LogP contribution in [0.5, 0.6) is 0 Å². The van der Waals surface area contributed by atoms with Crippen molar-refractivity contribution in [2.24, 2.45) is 0 Å². The number of hydrogen-bond acceptors (Lipinski definition) is 4. The Kier molecular flexibility index (Phi) is 12.2. The molecule has 0 saturated carbocycles. The van der Waals surface area contributed by atoms with Crippen molar-refractivity contribution < 1.29 is 9.84 Å². The van der Waals surface area contributed by atoms with E-state index in [1.165, 1.54) is 38.5 Å². The summed E-state index contributed by atoms with van der Waals surface area (Å²) < 4.78 is 5.33. The molecule has 0 aromatic rings. The normalized spacial score (nSPS) is 19.0. The van der Waals surface area contributed by atoms with E-state index in [-0.39, 0.29) is 6.10 Å². The van der Waals surface area contributed by atoms with Gasteiger partial charge in [-0.15, -0.1) is 6.58 Å². The molecule has 1 heterocycles. The van der Waals surface area contributed by atoms with E-state index in [4.69, 9.17) is 4.74 Å². The molecule has 130 valence electrons. The first-order valence-corrected chi connectivity index (χ1v) is 9.98. The van der Waals surface area contributed by atoms with E-state index < -0.39 is 0 Å². The predicted molar refractivity (Wildman–Crippen MR) is 97.7 cm³/mol. The van der Waals surface area contributed by atoms with Gasteiger partial charge in [0.25, 0.3) is 0 Å². The number of aliphatic hydroxyl groups excluding tert-OH is 1. The molecule has 0 aromatic heterocycles. The van der Waals surface area contributed by atoms with E-state index in [2.05, 4.69) is 18.4 Å². The van der Waals surface area contributed by atoms with Gasteiger partial charge in [-0.1, -0.05) is 38.7 Å². The van der Waals surface area contributed by atoms with Crippen molar-refractivity contribution in [1.29, 1.82) is 0 Å². The van der Waals surface area contributed by atoms with Crippen LogP contribution in [0.1, 0.15) is 51.9 Å². The molecule has 1 saturated heterocycles. The Bertz CT molecular complexity index is 270. The van der Waals surface area contributed by atoms with Crippen molar-refractivity contribution in [2.45, 2.75) is 63.2 Å². The van der Waals surface area contributed by atoms with E-state index >= 15 is 0 Å². The van der Waals surface area contributed by atoms with E-state index in [0.29, 0.717) is 5.25 Å². The second-order valence-electron chi connectivity index (χ2n) is 6.34. The average molecular weight is 330 g/mol. The molecule has 4 heteroatoms. The maximum atomic E-state index is 10.1. The van der Waals surface area contributed by atoms with Crippen LogP contribution >= 0.6 is 11.8 Å². The van der Waals surface area contributed by atoms with Crippen molar-refractivity contribution in [2.75, 3.05) is 38.6 Å². The summed E-state index contributed by atoms with van der Waals surface area (Å²) in [5, 5.41) is 10.8. The summed E-state index contributed by atoms with van der Waals surface area (Å²) in [5.74, 6) is 0.859. The van der Waals surface area contributed by atoms with Crippen LogP contribution in [0, 0.1) is 0 Å². The van der Waals surface area contributed by atoms with Crippen LogP contribution in [-0.2, 0) is 4.74 Å². The topological polar surface area (TPSA) is 32.7 Å². The number of thioether (sulfide) groups is 1. The zero-order valence-electron chi connectivity index (χ0n) is 14.3. The Hall–Kier alpha value is -0.0300. The van der Waals surface area contributed by atoms with E-state index in [9.17, 15) is 5.11 Å². The summed E-state index contributed by atoms with van der Waals surface area (Å²) in [7, 11) is 0. The van der Waals surface area contributed by atoms with Gasteiger partial charge in [0.2, 0.25) is 0 Å². The highest BCUT2D eigenvalue weighted by Gasteiger charge is 2.15. The van der Waals surface area contributed by atoms with Crippen molar-refractivity contribution in [1.82, 2.24) is 4.90 Å². The minimum absolute atomic E-state index is 0.204. The summed E-state index contributed by atoms with van der Waals surface area (Å²) in [6.07, 6.45) is 10.9. The lowest BCUT2D eigenvalue weighted by molar-refractivity contribution is 0.0188. The lowest BCUT2D eigenvalue weighted by atomic mass is 10.1. The molecule has 1 aliphatic heterocycles. The van der Waals surface area contributed by atoms with Crippen molar-refractivity contribution >= 4 is 11.8 Å². The largest absolute Gasteiger partial charge is 0.391 e. The van der Waals surface area contributed by atoms with Gasteiger partial charge in [-0.2, -0.15) is 11.8 Å². The highest BCUT2D eigenvalue weighted by Crippen LogP contribution is 2.19. The Morgan fingerprint density at radius 2 is 1.86 bits per heavy atom. The Morgan fingerprint density at radius 1 is 1.18 bits per heavy atom. The summed E-state index contributed by atoms with van der Waals surface area (Å²) in [6, 6.07) is 0. The first-order valence-electron chi connectivity index (χ1n) is 8.93. The molecule has 0 amide bonds. The fourth-order valence-corrected chi connectivity index (χ4v) is 3.73. The number of unbranched alkanes of at least 4 members (excludes halogenated alkanes) is 5. The highest BCUT2D eigenvalue weighted by atomic mass is 32.2. The monoisotopic (exact) mass is 329 g/mol. The molecule has 0 aromatic carbocycles. The quantitative estimate of drug-likeness (QED) is 0.412.